The first kappa shape index (κ1) is 7.08. The van der Waals surface area contributed by atoms with Gasteiger partial charge in [0.2, 0.25) is 0 Å². The summed E-state index contributed by atoms with van der Waals surface area (Å²) in [6.45, 7) is 0. The van der Waals surface area contributed by atoms with Crippen molar-refractivity contribution in [2.45, 2.75) is 0 Å². The van der Waals surface area contributed by atoms with Gasteiger partial charge in [-0.05, 0) is 12.4 Å². The zero-order chi connectivity index (χ0) is 4.41. The van der Waals surface area contributed by atoms with Crippen molar-refractivity contribution in [1.82, 2.24) is 4.98 Å². The second kappa shape index (κ2) is 3.13. The zero-order valence-corrected chi connectivity index (χ0v) is 6.14. The third-order valence-electron chi connectivity index (χ3n) is 0.569. The Bertz CT molecular complexity index is 115. The van der Waals surface area contributed by atoms with Gasteiger partial charge in [-0.2, -0.15) is 0 Å². The van der Waals surface area contributed by atoms with Crippen molar-refractivity contribution in [2.75, 3.05) is 0 Å². The van der Waals surface area contributed by atoms with E-state index in [0.29, 0.717) is 0 Å². The summed E-state index contributed by atoms with van der Waals surface area (Å²) in [5, 5.41) is 10.0. The number of aromatic amines is 1. The maximum absolute atomic E-state index is 10.0. The van der Waals surface area contributed by atoms with Crippen LogP contribution in [-0.4, -0.2) is 4.98 Å². The molecule has 0 saturated heterocycles. The maximum Gasteiger partial charge on any atom is 1.00 e. The molecule has 32 valence electrons. The van der Waals surface area contributed by atoms with Crippen LogP contribution in [0.5, 0.6) is 5.75 Å². The monoisotopic (exact) mass is 105 g/mol. The van der Waals surface area contributed by atoms with Gasteiger partial charge in [0, 0.05) is 0 Å². The molecular formula is C4H4NNaO. The van der Waals surface area contributed by atoms with Crippen LogP contribution in [0.3, 0.4) is 0 Å². The topological polar surface area (TPSA) is 38.8 Å². The molecule has 1 heterocycles. The molecule has 0 spiro atoms. The largest absolute Gasteiger partial charge is 1.00 e. The first-order valence-electron chi connectivity index (χ1n) is 1.69. The minimum absolute atomic E-state index is 0. The number of rotatable bonds is 0. The number of aromatic nitrogens is 1. The normalized spacial score (nSPS) is 7.43. The van der Waals surface area contributed by atoms with Crippen molar-refractivity contribution in [3.8, 4) is 5.75 Å². The molecule has 0 aliphatic heterocycles. The second-order valence-corrected chi connectivity index (χ2v) is 1.05. The Morgan fingerprint density at radius 2 is 2.29 bits per heavy atom. The van der Waals surface area contributed by atoms with Crippen molar-refractivity contribution in [3.63, 3.8) is 0 Å². The maximum atomic E-state index is 10.0. The Balaban J connectivity index is 0.000000360. The molecule has 1 aromatic heterocycles. The summed E-state index contributed by atoms with van der Waals surface area (Å²) in [6.07, 6.45) is 3.00. The summed E-state index contributed by atoms with van der Waals surface area (Å²) in [4.78, 5) is 2.62. The van der Waals surface area contributed by atoms with Crippen LogP contribution in [0.4, 0.5) is 0 Å². The van der Waals surface area contributed by atoms with Crippen LogP contribution in [0, 0.1) is 0 Å². The number of nitrogens with one attached hydrogen (secondary N) is 1. The Hall–Kier alpha value is 0.0800. The third kappa shape index (κ3) is 2.02. The van der Waals surface area contributed by atoms with E-state index in [9.17, 15) is 5.11 Å². The van der Waals surface area contributed by atoms with Gasteiger partial charge < -0.3 is 10.1 Å². The molecule has 1 N–H and O–H groups in total. The minimum Gasteiger partial charge on any atom is -0.871 e. The van der Waals surface area contributed by atoms with Crippen molar-refractivity contribution >= 4 is 0 Å². The van der Waals surface area contributed by atoms with E-state index in [1.165, 1.54) is 12.3 Å². The molecule has 3 heteroatoms. The van der Waals surface area contributed by atoms with Gasteiger partial charge in [0.15, 0.2) is 0 Å². The van der Waals surface area contributed by atoms with Crippen LogP contribution in [0.25, 0.3) is 0 Å². The van der Waals surface area contributed by atoms with Gasteiger partial charge in [0.25, 0.3) is 0 Å². The molecule has 0 aliphatic carbocycles. The molecule has 1 aromatic rings. The number of H-pyrrole nitrogens is 1. The van der Waals surface area contributed by atoms with E-state index in [2.05, 4.69) is 4.98 Å². The van der Waals surface area contributed by atoms with Crippen LogP contribution < -0.4 is 34.7 Å². The van der Waals surface area contributed by atoms with Crippen LogP contribution in [0.1, 0.15) is 0 Å². The molecule has 0 amide bonds. The summed E-state index contributed by atoms with van der Waals surface area (Å²) in [5.74, 6) is 0.0370. The first-order valence-corrected chi connectivity index (χ1v) is 1.69. The molecule has 0 atom stereocenters. The summed E-state index contributed by atoms with van der Waals surface area (Å²) in [7, 11) is 0. The van der Waals surface area contributed by atoms with Crippen molar-refractivity contribution < 1.29 is 34.7 Å². The van der Waals surface area contributed by atoms with Gasteiger partial charge in [-0.25, -0.2) is 0 Å². The van der Waals surface area contributed by atoms with Crippen LogP contribution >= 0.6 is 0 Å². The van der Waals surface area contributed by atoms with Crippen LogP contribution in [0.2, 0.25) is 0 Å². The molecular weight excluding hydrogens is 101 g/mol. The fourth-order valence-electron chi connectivity index (χ4n) is 0.309. The fraction of sp³-hybridized carbons (Fsp3) is 0. The Labute approximate surface area is 63.8 Å². The van der Waals surface area contributed by atoms with E-state index < -0.39 is 0 Å². The standard InChI is InChI=1S/C4H5NO.Na/c6-4-1-2-5-3-4;/h1-3,5-6H;/q;+1/p-1. The van der Waals surface area contributed by atoms with Crippen molar-refractivity contribution in [3.05, 3.63) is 18.5 Å². The third-order valence-corrected chi connectivity index (χ3v) is 0.569. The molecule has 0 fully saturated rings. The molecule has 0 saturated carbocycles. The quantitative estimate of drug-likeness (QED) is 0.353. The van der Waals surface area contributed by atoms with Gasteiger partial charge in [0.1, 0.15) is 0 Å². The summed E-state index contributed by atoms with van der Waals surface area (Å²) >= 11 is 0. The van der Waals surface area contributed by atoms with Gasteiger partial charge in [-0.3, -0.25) is 0 Å². The predicted molar refractivity (Wildman–Crippen MR) is 20.2 cm³/mol. The smallest absolute Gasteiger partial charge is 0.871 e. The molecule has 0 radical (unpaired) electrons. The van der Waals surface area contributed by atoms with Gasteiger partial charge >= 0.3 is 29.6 Å². The fourth-order valence-corrected chi connectivity index (χ4v) is 0.309. The first-order chi connectivity index (χ1) is 2.89. The molecule has 2 nitrogen and oxygen atoms in total. The van der Waals surface area contributed by atoms with Gasteiger partial charge in [-0.1, -0.05) is 11.8 Å². The van der Waals surface area contributed by atoms with Crippen LogP contribution in [-0.2, 0) is 0 Å². The summed E-state index contributed by atoms with van der Waals surface area (Å²) in [6, 6.07) is 1.47. The average Bonchev–Trinajstić information content (AvgIpc) is 1.86. The molecule has 0 aromatic carbocycles. The molecule has 1 rings (SSSR count). The Kier molecular flexibility index (Phi) is 3.17. The summed E-state index contributed by atoms with van der Waals surface area (Å²) < 4.78 is 0. The minimum atomic E-state index is 0. The van der Waals surface area contributed by atoms with E-state index in [4.69, 9.17) is 0 Å². The van der Waals surface area contributed by atoms with E-state index in [-0.39, 0.29) is 35.3 Å². The molecule has 7 heavy (non-hydrogen) atoms. The predicted octanol–water partition coefficient (Wildman–Crippen LogP) is -2.91. The van der Waals surface area contributed by atoms with E-state index in [0.717, 1.165) is 0 Å². The van der Waals surface area contributed by atoms with Crippen molar-refractivity contribution in [1.29, 1.82) is 0 Å². The van der Waals surface area contributed by atoms with E-state index >= 15 is 0 Å². The van der Waals surface area contributed by atoms with E-state index in [1.54, 1.807) is 6.20 Å². The van der Waals surface area contributed by atoms with Gasteiger partial charge in [0.05, 0.1) is 0 Å². The van der Waals surface area contributed by atoms with Crippen LogP contribution in [0.15, 0.2) is 18.5 Å². The van der Waals surface area contributed by atoms with Crippen molar-refractivity contribution in [2.24, 2.45) is 0 Å². The molecule has 0 aliphatic rings. The number of hydrogen-bond acceptors (Lipinski definition) is 1. The van der Waals surface area contributed by atoms with E-state index in [1.807, 2.05) is 0 Å². The Morgan fingerprint density at radius 3 is 2.43 bits per heavy atom. The second-order valence-electron chi connectivity index (χ2n) is 1.05. The molecule has 0 unspecified atom stereocenters. The Morgan fingerprint density at radius 1 is 1.57 bits per heavy atom. The summed E-state index contributed by atoms with van der Waals surface area (Å²) in [5.41, 5.74) is 0. The SMILES string of the molecule is [Na+].[O-]c1cc[nH]c1. The zero-order valence-electron chi connectivity index (χ0n) is 4.14. The number of hydrogen-bond donors (Lipinski definition) is 1. The average molecular weight is 105 g/mol. The van der Waals surface area contributed by atoms with Gasteiger partial charge in [-0.15, -0.1) is 0 Å². The molecule has 0 bridgehead atoms.